The number of likely N-dealkylation sites (tertiary alicyclic amines) is 1. The fraction of sp³-hybridized carbons (Fsp3) is 0.265. The highest BCUT2D eigenvalue weighted by molar-refractivity contribution is 6.03. The summed E-state index contributed by atoms with van der Waals surface area (Å²) in [7, 11) is 0. The molecule has 3 atom stereocenters. The first-order valence-corrected chi connectivity index (χ1v) is 15.2. The molecular formula is C34H29F3N8O2. The number of benzene rings is 2. The van der Waals surface area contributed by atoms with E-state index < -0.39 is 23.5 Å². The molecule has 1 unspecified atom stereocenters. The zero-order valence-corrected chi connectivity index (χ0v) is 25.6. The van der Waals surface area contributed by atoms with Gasteiger partial charge in [-0.05, 0) is 53.8 Å². The summed E-state index contributed by atoms with van der Waals surface area (Å²) < 4.78 is 48.5. The number of pyridine rings is 1. The predicted octanol–water partition coefficient (Wildman–Crippen LogP) is 6.77. The lowest BCUT2D eigenvalue weighted by Crippen LogP contribution is -2.59. The van der Waals surface area contributed by atoms with E-state index in [1.165, 1.54) is 46.1 Å². The summed E-state index contributed by atoms with van der Waals surface area (Å²) >= 11 is 0. The minimum Gasteiger partial charge on any atom is -0.465 e. The molecule has 6 aromatic rings. The number of piperazine rings is 1. The number of carboxylic acid groups (broad SMARTS) is 1. The van der Waals surface area contributed by atoms with Crippen LogP contribution >= 0.6 is 0 Å². The van der Waals surface area contributed by atoms with Gasteiger partial charge >= 0.3 is 6.09 Å². The molecule has 2 aromatic carbocycles. The van der Waals surface area contributed by atoms with Gasteiger partial charge in [-0.15, -0.1) is 0 Å². The van der Waals surface area contributed by atoms with Gasteiger partial charge in [0.05, 0.1) is 41.1 Å². The fourth-order valence-electron chi connectivity index (χ4n) is 7.61. The molecule has 2 aliphatic rings. The monoisotopic (exact) mass is 638 g/mol. The lowest BCUT2D eigenvalue weighted by Gasteiger charge is -2.46. The molecule has 0 radical (unpaired) electrons. The zero-order valence-electron chi connectivity index (χ0n) is 25.6. The van der Waals surface area contributed by atoms with Gasteiger partial charge in [-0.3, -0.25) is 15.0 Å². The van der Waals surface area contributed by atoms with Crippen LogP contribution in [0.4, 0.5) is 23.7 Å². The number of hydrogen-bond acceptors (Lipinski definition) is 6. The van der Waals surface area contributed by atoms with E-state index in [0.717, 1.165) is 0 Å². The summed E-state index contributed by atoms with van der Waals surface area (Å²) in [6.07, 6.45) is 5.80. The number of carbonyl (C=O) groups is 1. The number of rotatable bonds is 4. The van der Waals surface area contributed by atoms with Crippen molar-refractivity contribution in [2.75, 3.05) is 11.4 Å². The van der Waals surface area contributed by atoms with Crippen LogP contribution in [0.25, 0.3) is 50.2 Å². The van der Waals surface area contributed by atoms with Crippen molar-refractivity contribution in [2.45, 2.75) is 45.3 Å². The van der Waals surface area contributed by atoms with Gasteiger partial charge in [-0.1, -0.05) is 26.8 Å². The van der Waals surface area contributed by atoms with E-state index in [9.17, 15) is 14.3 Å². The number of aromatic nitrogens is 6. The van der Waals surface area contributed by atoms with Crippen LogP contribution in [0.15, 0.2) is 67.3 Å². The molecule has 1 amide bonds. The maximum absolute atomic E-state index is 16.2. The molecule has 2 fully saturated rings. The maximum atomic E-state index is 16.2. The molecule has 8 rings (SSSR count). The number of hydrogen-bond donors (Lipinski definition) is 2. The summed E-state index contributed by atoms with van der Waals surface area (Å²) in [4.78, 5) is 24.2. The Hall–Kier alpha value is -5.46. The molecule has 2 aliphatic heterocycles. The number of nitrogens with zero attached hydrogens (tertiary/aromatic N) is 7. The lowest BCUT2D eigenvalue weighted by atomic mass is 9.82. The van der Waals surface area contributed by atoms with Gasteiger partial charge < -0.3 is 10.0 Å². The van der Waals surface area contributed by atoms with Gasteiger partial charge in [-0.25, -0.2) is 27.5 Å². The van der Waals surface area contributed by atoms with Crippen LogP contribution in [0, 0.1) is 22.9 Å². The van der Waals surface area contributed by atoms with Gasteiger partial charge in [0.1, 0.15) is 28.7 Å². The van der Waals surface area contributed by atoms with Crippen LogP contribution in [0.1, 0.15) is 27.2 Å². The highest BCUT2D eigenvalue weighted by Crippen LogP contribution is 2.46. The molecule has 13 heteroatoms. The van der Waals surface area contributed by atoms with Crippen molar-refractivity contribution in [2.24, 2.45) is 5.41 Å². The molecule has 47 heavy (non-hydrogen) atoms. The molecule has 2 bridgehead atoms. The lowest BCUT2D eigenvalue weighted by molar-refractivity contribution is 0.0721. The highest BCUT2D eigenvalue weighted by atomic mass is 19.1. The third-order valence-electron chi connectivity index (χ3n) is 9.41. The molecule has 0 aliphatic carbocycles. The molecule has 10 nitrogen and oxygen atoms in total. The van der Waals surface area contributed by atoms with Crippen molar-refractivity contribution in [3.63, 3.8) is 0 Å². The van der Waals surface area contributed by atoms with Crippen LogP contribution in [0.2, 0.25) is 0 Å². The van der Waals surface area contributed by atoms with Crippen LogP contribution in [-0.4, -0.2) is 70.5 Å². The Balaban J connectivity index is 1.27. The summed E-state index contributed by atoms with van der Waals surface area (Å²) in [6, 6.07) is 9.73. The van der Waals surface area contributed by atoms with Crippen LogP contribution < -0.4 is 4.90 Å². The van der Waals surface area contributed by atoms with E-state index in [4.69, 9.17) is 5.10 Å². The third kappa shape index (κ3) is 4.36. The van der Waals surface area contributed by atoms with E-state index in [1.807, 2.05) is 25.7 Å². The summed E-state index contributed by atoms with van der Waals surface area (Å²) in [5.74, 6) is -2.06. The second kappa shape index (κ2) is 10.3. The molecule has 2 saturated heterocycles. The highest BCUT2D eigenvalue weighted by Gasteiger charge is 2.56. The van der Waals surface area contributed by atoms with E-state index in [0.29, 0.717) is 52.1 Å². The van der Waals surface area contributed by atoms with Crippen molar-refractivity contribution in [1.82, 2.24) is 34.7 Å². The Labute approximate surface area is 266 Å². The number of anilines is 1. The Bertz CT molecular complexity index is 2190. The summed E-state index contributed by atoms with van der Waals surface area (Å²) in [5, 5.41) is 22.0. The Morgan fingerprint density at radius 1 is 0.979 bits per heavy atom. The first-order chi connectivity index (χ1) is 22.5. The quantitative estimate of drug-likeness (QED) is 0.219. The smallest absolute Gasteiger partial charge is 0.407 e. The fourth-order valence-corrected chi connectivity index (χ4v) is 7.61. The van der Waals surface area contributed by atoms with Gasteiger partial charge in [-0.2, -0.15) is 10.2 Å². The van der Waals surface area contributed by atoms with Crippen LogP contribution in [0.3, 0.4) is 0 Å². The molecule has 0 spiro atoms. The van der Waals surface area contributed by atoms with Crippen molar-refractivity contribution in [1.29, 1.82) is 0 Å². The average molecular weight is 639 g/mol. The predicted molar refractivity (Wildman–Crippen MR) is 169 cm³/mol. The SMILES string of the molecule is CC(C)(C)C1[C@@H]2C[C@@H](CN2c2cc(F)c(-c3ccnc4c(-c5ccc(F)c6[nH]ncc56)c(-c5ccncc5)nn34)c(F)c2)N1C(=O)O. The third-order valence-corrected chi connectivity index (χ3v) is 9.41. The molecule has 2 N–H and O–H groups in total. The van der Waals surface area contributed by atoms with Crippen molar-refractivity contribution in [3.05, 3.63) is 84.7 Å². The number of H-pyrrole nitrogens is 1. The van der Waals surface area contributed by atoms with Crippen molar-refractivity contribution >= 4 is 28.3 Å². The number of amides is 1. The first kappa shape index (κ1) is 29.0. The number of nitrogens with one attached hydrogen (secondary N) is 1. The maximum Gasteiger partial charge on any atom is 0.407 e. The normalized spacial score (nSPS) is 19.4. The second-order valence-electron chi connectivity index (χ2n) is 13.2. The van der Waals surface area contributed by atoms with E-state index >= 15 is 8.78 Å². The molecule has 0 saturated carbocycles. The Kier molecular flexibility index (Phi) is 6.33. The molecule has 6 heterocycles. The Morgan fingerprint density at radius 3 is 2.43 bits per heavy atom. The Morgan fingerprint density at radius 2 is 1.72 bits per heavy atom. The summed E-state index contributed by atoms with van der Waals surface area (Å²) in [5.41, 5.74) is 2.61. The molecule has 4 aromatic heterocycles. The van der Waals surface area contributed by atoms with Crippen molar-refractivity contribution < 1.29 is 23.1 Å². The summed E-state index contributed by atoms with van der Waals surface area (Å²) in [6.45, 7) is 6.29. The first-order valence-electron chi connectivity index (χ1n) is 15.2. The van der Waals surface area contributed by atoms with E-state index in [2.05, 4.69) is 20.2 Å². The van der Waals surface area contributed by atoms with Crippen molar-refractivity contribution in [3.8, 4) is 33.6 Å². The molecule has 238 valence electrons. The van der Waals surface area contributed by atoms with Gasteiger partial charge in [0.15, 0.2) is 5.65 Å². The zero-order chi connectivity index (χ0) is 32.8. The van der Waals surface area contributed by atoms with Gasteiger partial charge in [0.2, 0.25) is 0 Å². The minimum absolute atomic E-state index is 0.135. The largest absolute Gasteiger partial charge is 0.465 e. The van der Waals surface area contributed by atoms with Crippen LogP contribution in [-0.2, 0) is 0 Å². The molecular weight excluding hydrogens is 609 g/mol. The van der Waals surface area contributed by atoms with E-state index in [1.54, 1.807) is 30.6 Å². The van der Waals surface area contributed by atoms with Gasteiger partial charge in [0, 0.05) is 41.8 Å². The topological polar surface area (TPSA) is 116 Å². The number of halogens is 3. The average Bonchev–Trinajstić information content (AvgIpc) is 3.83. The standard InChI is InChI=1S/C34H29F3N8O2/c1-34(2,3)31-26-14-19(44(31)33(46)47)16-43(26)18-12-23(36)28(24(37)13-18)25-8-11-39-32-27(20-4-5-22(35)30-21(20)15-40-41-30)29(42-45(25)32)17-6-9-38-10-7-17/h4-13,15,19,26,31H,14,16H2,1-3H3,(H,40,41)(H,46,47)/t19-,26-,31?/m0/s1. The number of fused-ring (bicyclic) bond motifs is 4. The second-order valence-corrected chi connectivity index (χ2v) is 13.2. The van der Waals surface area contributed by atoms with Crippen LogP contribution in [0.5, 0.6) is 0 Å². The number of aromatic amines is 1. The minimum atomic E-state index is -0.981. The van der Waals surface area contributed by atoms with Gasteiger partial charge in [0.25, 0.3) is 0 Å². The van der Waals surface area contributed by atoms with E-state index in [-0.39, 0.29) is 40.3 Å².